The largest absolute Gasteiger partial charge is 0.492 e. The third-order valence-electron chi connectivity index (χ3n) is 2.03. The van der Waals surface area contributed by atoms with E-state index in [0.29, 0.717) is 18.8 Å². The number of rotatable bonds is 4. The van der Waals surface area contributed by atoms with Gasteiger partial charge in [0.25, 0.3) is 0 Å². The Balaban J connectivity index is 2.78. The minimum atomic E-state index is -0.975. The van der Waals surface area contributed by atoms with Crippen LogP contribution in [0.1, 0.15) is 29.3 Å². The normalized spacial score (nSPS) is 9.12. The van der Waals surface area contributed by atoms with Crippen LogP contribution in [0.25, 0.3) is 0 Å². The quantitative estimate of drug-likeness (QED) is 0.623. The molecular formula is C13H14O3. The van der Waals surface area contributed by atoms with Gasteiger partial charge in [0.1, 0.15) is 11.3 Å². The van der Waals surface area contributed by atoms with Crippen LogP contribution >= 0.6 is 0 Å². The van der Waals surface area contributed by atoms with Crippen molar-refractivity contribution in [2.75, 3.05) is 6.61 Å². The summed E-state index contributed by atoms with van der Waals surface area (Å²) in [6.07, 6.45) is 0.601. The summed E-state index contributed by atoms with van der Waals surface area (Å²) in [4.78, 5) is 10.9. The number of aryl methyl sites for hydroxylation is 1. The van der Waals surface area contributed by atoms with Crippen LogP contribution in [0, 0.1) is 18.8 Å². The first-order valence-electron chi connectivity index (χ1n) is 5.01. The highest BCUT2D eigenvalue weighted by Gasteiger charge is 2.10. The van der Waals surface area contributed by atoms with E-state index < -0.39 is 5.97 Å². The second-order valence-corrected chi connectivity index (χ2v) is 3.33. The fourth-order valence-corrected chi connectivity index (χ4v) is 1.26. The zero-order chi connectivity index (χ0) is 12.0. The lowest BCUT2D eigenvalue weighted by Gasteiger charge is -2.08. The summed E-state index contributed by atoms with van der Waals surface area (Å²) in [5.74, 6) is 5.05. The first-order chi connectivity index (χ1) is 7.65. The average molecular weight is 218 g/mol. The van der Waals surface area contributed by atoms with E-state index in [1.165, 1.54) is 0 Å². The van der Waals surface area contributed by atoms with E-state index in [-0.39, 0.29) is 5.56 Å². The first-order valence-corrected chi connectivity index (χ1v) is 5.01. The van der Waals surface area contributed by atoms with E-state index in [0.717, 1.165) is 5.56 Å². The number of benzene rings is 1. The Morgan fingerprint density at radius 3 is 2.88 bits per heavy atom. The molecule has 0 fully saturated rings. The van der Waals surface area contributed by atoms with Gasteiger partial charge in [0, 0.05) is 6.42 Å². The highest BCUT2D eigenvalue weighted by Crippen LogP contribution is 2.20. The summed E-state index contributed by atoms with van der Waals surface area (Å²) < 4.78 is 5.40. The van der Waals surface area contributed by atoms with Gasteiger partial charge in [0.15, 0.2) is 0 Å². The monoisotopic (exact) mass is 218 g/mol. The summed E-state index contributed by atoms with van der Waals surface area (Å²) in [5.41, 5.74) is 1.16. The maximum Gasteiger partial charge on any atom is 0.339 e. The van der Waals surface area contributed by atoms with Crippen molar-refractivity contribution in [2.24, 2.45) is 0 Å². The van der Waals surface area contributed by atoms with Gasteiger partial charge in [0.05, 0.1) is 6.61 Å². The van der Waals surface area contributed by atoms with Crippen molar-refractivity contribution in [3.05, 3.63) is 29.3 Å². The van der Waals surface area contributed by atoms with Crippen LogP contribution in [-0.2, 0) is 0 Å². The van der Waals surface area contributed by atoms with Gasteiger partial charge in [-0.2, -0.15) is 0 Å². The Morgan fingerprint density at radius 1 is 1.50 bits per heavy atom. The summed E-state index contributed by atoms with van der Waals surface area (Å²) in [7, 11) is 0. The summed E-state index contributed by atoms with van der Waals surface area (Å²) in [6, 6.07) is 5.03. The van der Waals surface area contributed by atoms with Crippen LogP contribution in [0.2, 0.25) is 0 Å². The minimum Gasteiger partial charge on any atom is -0.492 e. The van der Waals surface area contributed by atoms with Crippen LogP contribution in [0.15, 0.2) is 18.2 Å². The third kappa shape index (κ3) is 3.32. The van der Waals surface area contributed by atoms with E-state index in [2.05, 4.69) is 11.8 Å². The third-order valence-corrected chi connectivity index (χ3v) is 2.03. The van der Waals surface area contributed by atoms with E-state index in [1.807, 2.05) is 6.92 Å². The molecule has 0 saturated heterocycles. The van der Waals surface area contributed by atoms with Gasteiger partial charge in [0.2, 0.25) is 0 Å². The number of aromatic carboxylic acids is 1. The standard InChI is InChI=1S/C13H14O3/c1-3-4-5-8-16-12-9-10(2)6-7-11(12)13(14)15/h6-7,9H,5,8H2,1-2H3,(H,14,15). The SMILES string of the molecule is CC#CCCOc1cc(C)ccc1C(=O)O. The molecule has 3 nitrogen and oxygen atoms in total. The van der Waals surface area contributed by atoms with Gasteiger partial charge in [-0.1, -0.05) is 6.07 Å². The molecule has 0 atom stereocenters. The minimum absolute atomic E-state index is 0.190. The number of hydrogen-bond donors (Lipinski definition) is 1. The van der Waals surface area contributed by atoms with Crippen molar-refractivity contribution in [2.45, 2.75) is 20.3 Å². The second kappa shape index (κ2) is 5.82. The van der Waals surface area contributed by atoms with Crippen molar-refractivity contribution >= 4 is 5.97 Å². The fourth-order valence-electron chi connectivity index (χ4n) is 1.26. The van der Waals surface area contributed by atoms with Crippen molar-refractivity contribution in [1.82, 2.24) is 0 Å². The van der Waals surface area contributed by atoms with Crippen molar-refractivity contribution in [1.29, 1.82) is 0 Å². The molecule has 0 aliphatic carbocycles. The summed E-state index contributed by atoms with van der Waals surface area (Å²) >= 11 is 0. The van der Waals surface area contributed by atoms with Crippen LogP contribution in [0.3, 0.4) is 0 Å². The Morgan fingerprint density at radius 2 is 2.25 bits per heavy atom. The van der Waals surface area contributed by atoms with Crippen LogP contribution in [-0.4, -0.2) is 17.7 Å². The topological polar surface area (TPSA) is 46.5 Å². The van der Waals surface area contributed by atoms with Gasteiger partial charge < -0.3 is 9.84 Å². The number of carboxylic acids is 1. The molecule has 0 bridgehead atoms. The highest BCUT2D eigenvalue weighted by molar-refractivity contribution is 5.90. The molecule has 0 aliphatic heterocycles. The summed E-state index contributed by atoms with van der Waals surface area (Å²) in [6.45, 7) is 4.06. The van der Waals surface area contributed by atoms with Gasteiger partial charge in [-0.3, -0.25) is 0 Å². The molecule has 1 rings (SSSR count). The van der Waals surface area contributed by atoms with E-state index >= 15 is 0 Å². The molecule has 1 aromatic carbocycles. The lowest BCUT2D eigenvalue weighted by atomic mass is 10.1. The molecule has 84 valence electrons. The molecule has 1 N–H and O–H groups in total. The molecule has 0 saturated carbocycles. The molecule has 1 aromatic rings. The zero-order valence-corrected chi connectivity index (χ0v) is 9.41. The molecule has 0 unspecified atom stereocenters. The maximum atomic E-state index is 10.9. The molecule has 0 aromatic heterocycles. The molecule has 0 heterocycles. The average Bonchev–Trinajstić information content (AvgIpc) is 2.24. The molecule has 16 heavy (non-hydrogen) atoms. The lowest BCUT2D eigenvalue weighted by Crippen LogP contribution is -2.04. The Hall–Kier alpha value is -1.95. The van der Waals surface area contributed by atoms with Crippen LogP contribution in [0.4, 0.5) is 0 Å². The second-order valence-electron chi connectivity index (χ2n) is 3.33. The first kappa shape index (κ1) is 12.1. The predicted octanol–water partition coefficient (Wildman–Crippen LogP) is 2.49. The maximum absolute atomic E-state index is 10.9. The van der Waals surface area contributed by atoms with Gasteiger partial charge in [-0.25, -0.2) is 4.79 Å². The van der Waals surface area contributed by atoms with Crippen LogP contribution < -0.4 is 4.74 Å². The number of hydrogen-bond acceptors (Lipinski definition) is 2. The number of carboxylic acid groups (broad SMARTS) is 1. The van der Waals surface area contributed by atoms with E-state index in [1.54, 1.807) is 25.1 Å². The molecular weight excluding hydrogens is 204 g/mol. The van der Waals surface area contributed by atoms with Gasteiger partial charge in [-0.05, 0) is 31.5 Å². The summed E-state index contributed by atoms with van der Waals surface area (Å²) in [5, 5.41) is 8.95. The number of carbonyl (C=O) groups is 1. The molecule has 0 radical (unpaired) electrons. The Bertz CT molecular complexity index is 438. The predicted molar refractivity (Wildman–Crippen MR) is 61.7 cm³/mol. The fraction of sp³-hybridized carbons (Fsp3) is 0.308. The molecule has 3 heteroatoms. The lowest BCUT2D eigenvalue weighted by molar-refractivity contribution is 0.0692. The van der Waals surface area contributed by atoms with Crippen molar-refractivity contribution in [3.63, 3.8) is 0 Å². The van der Waals surface area contributed by atoms with Gasteiger partial charge in [-0.15, -0.1) is 11.8 Å². The Labute approximate surface area is 95.1 Å². The van der Waals surface area contributed by atoms with Gasteiger partial charge >= 0.3 is 5.97 Å². The molecule has 0 amide bonds. The van der Waals surface area contributed by atoms with Crippen molar-refractivity contribution in [3.8, 4) is 17.6 Å². The van der Waals surface area contributed by atoms with E-state index in [4.69, 9.17) is 9.84 Å². The molecule has 0 aliphatic rings. The van der Waals surface area contributed by atoms with Crippen LogP contribution in [0.5, 0.6) is 5.75 Å². The number of ether oxygens (including phenoxy) is 1. The highest BCUT2D eigenvalue weighted by atomic mass is 16.5. The smallest absolute Gasteiger partial charge is 0.339 e. The zero-order valence-electron chi connectivity index (χ0n) is 9.41. The van der Waals surface area contributed by atoms with E-state index in [9.17, 15) is 4.79 Å². The van der Waals surface area contributed by atoms with Crippen molar-refractivity contribution < 1.29 is 14.6 Å². The molecule has 0 spiro atoms. The Kier molecular flexibility index (Phi) is 4.41.